The fourth-order valence-electron chi connectivity index (χ4n) is 3.88. The Bertz CT molecular complexity index is 642. The number of pyridine rings is 1. The van der Waals surface area contributed by atoms with Crippen LogP contribution in [0.1, 0.15) is 31.5 Å². The van der Waals surface area contributed by atoms with Gasteiger partial charge in [0.05, 0.1) is 0 Å². The predicted octanol–water partition coefficient (Wildman–Crippen LogP) is 2.40. The van der Waals surface area contributed by atoms with E-state index in [2.05, 4.69) is 20.9 Å². The maximum atomic E-state index is 5.51. The first-order chi connectivity index (χ1) is 11.4. The summed E-state index contributed by atoms with van der Waals surface area (Å²) < 4.78 is 7.91. The van der Waals surface area contributed by atoms with Crippen molar-refractivity contribution in [3.63, 3.8) is 0 Å². The first-order valence-electron chi connectivity index (χ1n) is 8.99. The average molecular weight is 314 g/mol. The number of nitrogens with zero attached hydrogens (tertiary/aromatic N) is 3. The summed E-state index contributed by atoms with van der Waals surface area (Å²) in [5.74, 6) is 2.67. The number of aromatic nitrogens is 3. The first kappa shape index (κ1) is 15.1. The van der Waals surface area contributed by atoms with Crippen LogP contribution in [0.25, 0.3) is 11.2 Å². The van der Waals surface area contributed by atoms with Gasteiger partial charge in [0.15, 0.2) is 5.65 Å². The molecule has 2 aromatic rings. The second-order valence-electron chi connectivity index (χ2n) is 6.94. The molecule has 1 N–H and O–H groups in total. The Kier molecular flexibility index (Phi) is 4.57. The summed E-state index contributed by atoms with van der Waals surface area (Å²) in [5.41, 5.74) is 2.10. The van der Waals surface area contributed by atoms with Gasteiger partial charge in [0.25, 0.3) is 0 Å². The van der Waals surface area contributed by atoms with Gasteiger partial charge in [-0.1, -0.05) is 0 Å². The molecule has 4 heterocycles. The van der Waals surface area contributed by atoms with Gasteiger partial charge >= 0.3 is 0 Å². The van der Waals surface area contributed by atoms with Crippen molar-refractivity contribution < 1.29 is 4.74 Å². The Morgan fingerprint density at radius 2 is 1.96 bits per heavy atom. The molecule has 5 nitrogen and oxygen atoms in total. The summed E-state index contributed by atoms with van der Waals surface area (Å²) in [4.78, 5) is 9.54. The van der Waals surface area contributed by atoms with Gasteiger partial charge in [-0.2, -0.15) is 0 Å². The van der Waals surface area contributed by atoms with Gasteiger partial charge in [-0.25, -0.2) is 9.97 Å². The molecule has 4 rings (SSSR count). The van der Waals surface area contributed by atoms with Crippen molar-refractivity contribution in [2.45, 2.75) is 38.6 Å². The maximum absolute atomic E-state index is 5.51. The van der Waals surface area contributed by atoms with E-state index in [1.807, 2.05) is 12.3 Å². The first-order valence-corrected chi connectivity index (χ1v) is 8.99. The van der Waals surface area contributed by atoms with Crippen molar-refractivity contribution in [3.8, 4) is 0 Å². The molecule has 124 valence electrons. The lowest BCUT2D eigenvalue weighted by atomic mass is 9.94. The highest BCUT2D eigenvalue weighted by Crippen LogP contribution is 2.24. The summed E-state index contributed by atoms with van der Waals surface area (Å²) in [6.07, 6.45) is 7.79. The Morgan fingerprint density at radius 3 is 2.78 bits per heavy atom. The minimum atomic E-state index is 0.690. The smallest absolute Gasteiger partial charge is 0.159 e. The highest BCUT2D eigenvalue weighted by atomic mass is 16.5. The number of fused-ring (bicyclic) bond motifs is 1. The van der Waals surface area contributed by atoms with E-state index >= 15 is 0 Å². The predicted molar refractivity (Wildman–Crippen MR) is 90.4 cm³/mol. The van der Waals surface area contributed by atoms with Crippen molar-refractivity contribution in [3.05, 3.63) is 24.2 Å². The number of piperidine rings is 1. The second-order valence-corrected chi connectivity index (χ2v) is 6.94. The van der Waals surface area contributed by atoms with Gasteiger partial charge in [-0.3, -0.25) is 0 Å². The molecule has 2 aliphatic rings. The molecule has 0 spiro atoms. The van der Waals surface area contributed by atoms with Crippen LogP contribution in [0.2, 0.25) is 0 Å². The summed E-state index contributed by atoms with van der Waals surface area (Å²) in [5, 5.41) is 3.45. The molecule has 0 aromatic carbocycles. The number of nitrogens with one attached hydrogen (secondary N) is 1. The summed E-state index contributed by atoms with van der Waals surface area (Å²) >= 11 is 0. The molecule has 2 aliphatic heterocycles. The largest absolute Gasteiger partial charge is 0.381 e. The third-order valence-corrected chi connectivity index (χ3v) is 5.29. The second kappa shape index (κ2) is 6.97. The molecule has 5 heteroatoms. The van der Waals surface area contributed by atoms with Gasteiger partial charge in [0, 0.05) is 32.4 Å². The quantitative estimate of drug-likeness (QED) is 0.941. The molecular formula is C18H26N4O. The molecule has 23 heavy (non-hydrogen) atoms. The fourth-order valence-corrected chi connectivity index (χ4v) is 3.88. The summed E-state index contributed by atoms with van der Waals surface area (Å²) in [6, 6.07) is 4.08. The Morgan fingerprint density at radius 1 is 1.13 bits per heavy atom. The molecule has 2 saturated heterocycles. The summed E-state index contributed by atoms with van der Waals surface area (Å²) in [6.45, 7) is 5.12. The molecule has 0 amide bonds. The van der Waals surface area contributed by atoms with Crippen LogP contribution in [-0.4, -0.2) is 40.8 Å². The molecule has 2 fully saturated rings. The molecule has 0 radical (unpaired) electrons. The SMILES string of the molecule is c1cnc2c(c1)nc(CC1CCNCC1)n2CC1CCOCC1. The Labute approximate surface area is 137 Å². The molecule has 0 saturated carbocycles. The third kappa shape index (κ3) is 3.40. The Balaban J connectivity index is 1.60. The van der Waals surface area contributed by atoms with Crippen LogP contribution in [0.15, 0.2) is 18.3 Å². The molecular weight excluding hydrogens is 288 g/mol. The molecule has 0 atom stereocenters. The fraction of sp³-hybridized carbons (Fsp3) is 0.667. The number of imidazole rings is 1. The standard InChI is InChI=1S/C18H26N4O/c1-2-16-18(20-7-1)22(13-15-5-10-23-11-6-15)17(21-16)12-14-3-8-19-9-4-14/h1-2,7,14-15,19H,3-6,8-13H2. The van der Waals surface area contributed by atoms with Gasteiger partial charge in [0.1, 0.15) is 11.3 Å². The molecule has 0 unspecified atom stereocenters. The van der Waals surface area contributed by atoms with Crippen LogP contribution >= 0.6 is 0 Å². The lowest BCUT2D eigenvalue weighted by molar-refractivity contribution is 0.0612. The van der Waals surface area contributed by atoms with Crippen LogP contribution in [-0.2, 0) is 17.7 Å². The monoisotopic (exact) mass is 314 g/mol. The molecule has 0 aliphatic carbocycles. The highest BCUT2D eigenvalue weighted by molar-refractivity contribution is 5.71. The van der Waals surface area contributed by atoms with E-state index in [1.54, 1.807) is 0 Å². The van der Waals surface area contributed by atoms with Crippen molar-refractivity contribution in [2.75, 3.05) is 26.3 Å². The highest BCUT2D eigenvalue weighted by Gasteiger charge is 2.22. The molecule has 0 bridgehead atoms. The van der Waals surface area contributed by atoms with Crippen molar-refractivity contribution in [2.24, 2.45) is 11.8 Å². The zero-order valence-corrected chi connectivity index (χ0v) is 13.7. The van der Waals surface area contributed by atoms with E-state index < -0.39 is 0 Å². The van der Waals surface area contributed by atoms with E-state index in [1.165, 1.54) is 18.7 Å². The van der Waals surface area contributed by atoms with E-state index in [-0.39, 0.29) is 0 Å². The van der Waals surface area contributed by atoms with Crippen LogP contribution in [0.5, 0.6) is 0 Å². The maximum Gasteiger partial charge on any atom is 0.159 e. The van der Waals surface area contributed by atoms with Gasteiger partial charge < -0.3 is 14.6 Å². The van der Waals surface area contributed by atoms with Crippen LogP contribution < -0.4 is 5.32 Å². The summed E-state index contributed by atoms with van der Waals surface area (Å²) in [7, 11) is 0. The van der Waals surface area contributed by atoms with Crippen LogP contribution in [0, 0.1) is 11.8 Å². The minimum absolute atomic E-state index is 0.690. The lowest BCUT2D eigenvalue weighted by Crippen LogP contribution is -2.29. The number of ether oxygens (including phenoxy) is 1. The lowest BCUT2D eigenvalue weighted by Gasteiger charge is -2.25. The van der Waals surface area contributed by atoms with Gasteiger partial charge in [0.2, 0.25) is 0 Å². The van der Waals surface area contributed by atoms with Crippen molar-refractivity contribution in [1.29, 1.82) is 0 Å². The number of hydrogen-bond donors (Lipinski definition) is 1. The average Bonchev–Trinajstić information content (AvgIpc) is 2.94. The zero-order chi connectivity index (χ0) is 15.5. The van der Waals surface area contributed by atoms with E-state index in [0.29, 0.717) is 5.92 Å². The van der Waals surface area contributed by atoms with Crippen molar-refractivity contribution >= 4 is 11.2 Å². The van der Waals surface area contributed by atoms with Crippen molar-refractivity contribution in [1.82, 2.24) is 19.9 Å². The molecule has 2 aromatic heterocycles. The normalized spacial score (nSPS) is 21.0. The number of rotatable bonds is 4. The van der Waals surface area contributed by atoms with E-state index in [0.717, 1.165) is 69.2 Å². The van der Waals surface area contributed by atoms with E-state index in [4.69, 9.17) is 9.72 Å². The number of hydrogen-bond acceptors (Lipinski definition) is 4. The third-order valence-electron chi connectivity index (χ3n) is 5.29. The van der Waals surface area contributed by atoms with Crippen LogP contribution in [0.4, 0.5) is 0 Å². The topological polar surface area (TPSA) is 52.0 Å². The zero-order valence-electron chi connectivity index (χ0n) is 13.7. The van der Waals surface area contributed by atoms with E-state index in [9.17, 15) is 0 Å². The Hall–Kier alpha value is -1.46. The van der Waals surface area contributed by atoms with Gasteiger partial charge in [-0.15, -0.1) is 0 Å². The van der Waals surface area contributed by atoms with Crippen LogP contribution in [0.3, 0.4) is 0 Å². The minimum Gasteiger partial charge on any atom is -0.381 e. The van der Waals surface area contributed by atoms with Gasteiger partial charge in [-0.05, 0) is 62.7 Å².